The van der Waals surface area contributed by atoms with Crippen molar-refractivity contribution in [1.82, 2.24) is 10.2 Å². The highest BCUT2D eigenvalue weighted by Gasteiger charge is 2.34. The number of nitrogens with zero attached hydrogens (tertiary/aromatic N) is 2. The fraction of sp³-hybridized carbons (Fsp3) is 0.412. The van der Waals surface area contributed by atoms with Gasteiger partial charge in [0.05, 0.1) is 10.6 Å². The summed E-state index contributed by atoms with van der Waals surface area (Å²) in [5.41, 5.74) is 3.36. The van der Waals surface area contributed by atoms with Gasteiger partial charge in [-0.2, -0.15) is 0 Å². The Balaban J connectivity index is 1.66. The van der Waals surface area contributed by atoms with Crippen LogP contribution in [0.1, 0.15) is 62.1 Å². The molecule has 1 fully saturated rings. The molecule has 0 heterocycles. The minimum Gasteiger partial charge on any atom is -0.352 e. The lowest BCUT2D eigenvalue weighted by atomic mass is 9.95. The second kappa shape index (κ2) is 14.5. The SMILES string of the molecule is CC[C@H](C(=O)NC1CCCCC1)N(CCc1ccccc1)C(=O)CN(c1ccc(C)cc1)S(=O)(=O)c1ccc(C)cc1. The topological polar surface area (TPSA) is 86.8 Å². The lowest BCUT2D eigenvalue weighted by Crippen LogP contribution is -2.54. The molecule has 2 amide bonds. The number of anilines is 1. The van der Waals surface area contributed by atoms with Crippen molar-refractivity contribution in [2.45, 2.75) is 82.7 Å². The molecule has 1 saturated carbocycles. The maximum atomic E-state index is 14.2. The Morgan fingerprint density at radius 2 is 1.45 bits per heavy atom. The second-order valence-corrected chi connectivity index (χ2v) is 13.1. The van der Waals surface area contributed by atoms with Crippen LogP contribution in [0.2, 0.25) is 0 Å². The molecule has 42 heavy (non-hydrogen) atoms. The third kappa shape index (κ3) is 8.00. The van der Waals surface area contributed by atoms with Gasteiger partial charge in [0.2, 0.25) is 11.8 Å². The monoisotopic (exact) mass is 589 g/mol. The molecule has 0 bridgehead atoms. The van der Waals surface area contributed by atoms with Gasteiger partial charge in [-0.3, -0.25) is 13.9 Å². The zero-order chi connectivity index (χ0) is 30.1. The quantitative estimate of drug-likeness (QED) is 0.289. The molecule has 8 heteroatoms. The van der Waals surface area contributed by atoms with Crippen LogP contribution in [0.4, 0.5) is 5.69 Å². The number of hydrogen-bond acceptors (Lipinski definition) is 4. The van der Waals surface area contributed by atoms with E-state index in [1.807, 2.05) is 63.2 Å². The van der Waals surface area contributed by atoms with Gasteiger partial charge in [-0.1, -0.05) is 91.9 Å². The van der Waals surface area contributed by atoms with Gasteiger partial charge in [-0.25, -0.2) is 8.42 Å². The number of carbonyl (C=O) groups excluding carboxylic acids is 2. The number of rotatable bonds is 12. The number of nitrogens with one attached hydrogen (secondary N) is 1. The number of benzene rings is 3. The maximum absolute atomic E-state index is 14.2. The van der Waals surface area contributed by atoms with Crippen LogP contribution < -0.4 is 9.62 Å². The third-order valence-corrected chi connectivity index (χ3v) is 9.82. The van der Waals surface area contributed by atoms with E-state index in [1.54, 1.807) is 41.3 Å². The number of aryl methyl sites for hydroxylation is 2. The van der Waals surface area contributed by atoms with E-state index < -0.39 is 28.5 Å². The van der Waals surface area contributed by atoms with Crippen LogP contribution in [-0.4, -0.2) is 50.3 Å². The summed E-state index contributed by atoms with van der Waals surface area (Å²) in [7, 11) is -4.07. The van der Waals surface area contributed by atoms with E-state index in [-0.39, 0.29) is 16.8 Å². The van der Waals surface area contributed by atoms with Crippen molar-refractivity contribution >= 4 is 27.5 Å². The Kier molecular flexibility index (Phi) is 10.8. The Bertz CT molecular complexity index is 1420. The fourth-order valence-corrected chi connectivity index (χ4v) is 6.93. The molecule has 0 radical (unpaired) electrons. The number of amides is 2. The summed E-state index contributed by atoms with van der Waals surface area (Å²) >= 11 is 0. The van der Waals surface area contributed by atoms with Gasteiger partial charge in [-0.05, 0) is 69.4 Å². The lowest BCUT2D eigenvalue weighted by Gasteiger charge is -2.34. The third-order valence-electron chi connectivity index (χ3n) is 8.03. The average Bonchev–Trinajstić information content (AvgIpc) is 2.99. The molecule has 1 N–H and O–H groups in total. The van der Waals surface area contributed by atoms with Crippen molar-refractivity contribution in [3.05, 3.63) is 95.6 Å². The van der Waals surface area contributed by atoms with Crippen molar-refractivity contribution < 1.29 is 18.0 Å². The Labute approximate surface area is 251 Å². The van der Waals surface area contributed by atoms with Gasteiger partial charge < -0.3 is 10.2 Å². The highest BCUT2D eigenvalue weighted by Crippen LogP contribution is 2.25. The molecule has 3 aromatic rings. The summed E-state index contributed by atoms with van der Waals surface area (Å²) in [6.45, 7) is 5.60. The van der Waals surface area contributed by atoms with E-state index in [4.69, 9.17) is 0 Å². The molecule has 0 saturated heterocycles. The van der Waals surface area contributed by atoms with Crippen molar-refractivity contribution in [2.24, 2.45) is 0 Å². The Morgan fingerprint density at radius 1 is 0.857 bits per heavy atom. The summed E-state index contributed by atoms with van der Waals surface area (Å²) in [5, 5.41) is 3.19. The summed E-state index contributed by atoms with van der Waals surface area (Å²) in [5.74, 6) is -0.582. The van der Waals surface area contributed by atoms with Crippen LogP contribution in [0.15, 0.2) is 83.8 Å². The van der Waals surface area contributed by atoms with Crippen LogP contribution in [0.5, 0.6) is 0 Å². The molecule has 0 aromatic heterocycles. The second-order valence-electron chi connectivity index (χ2n) is 11.3. The van der Waals surface area contributed by atoms with Crippen LogP contribution in [-0.2, 0) is 26.0 Å². The predicted octanol–water partition coefficient (Wildman–Crippen LogP) is 5.80. The number of hydrogen-bond donors (Lipinski definition) is 1. The number of carbonyl (C=O) groups is 2. The van der Waals surface area contributed by atoms with Crippen LogP contribution in [0.3, 0.4) is 0 Å². The maximum Gasteiger partial charge on any atom is 0.264 e. The van der Waals surface area contributed by atoms with E-state index >= 15 is 0 Å². The molecule has 224 valence electrons. The highest BCUT2D eigenvalue weighted by atomic mass is 32.2. The first kappa shape index (κ1) is 31.3. The molecule has 1 aliphatic rings. The van der Waals surface area contributed by atoms with Crippen LogP contribution >= 0.6 is 0 Å². The van der Waals surface area contributed by atoms with E-state index in [0.29, 0.717) is 25.1 Å². The molecule has 3 aromatic carbocycles. The van der Waals surface area contributed by atoms with E-state index in [9.17, 15) is 18.0 Å². The van der Waals surface area contributed by atoms with E-state index in [2.05, 4.69) is 5.32 Å². The van der Waals surface area contributed by atoms with Crippen LogP contribution in [0.25, 0.3) is 0 Å². The molecule has 1 aliphatic carbocycles. The molecular formula is C34H43N3O4S. The Morgan fingerprint density at radius 3 is 2.05 bits per heavy atom. The summed E-state index contributed by atoms with van der Waals surface area (Å²) in [4.78, 5) is 29.5. The van der Waals surface area contributed by atoms with Gasteiger partial charge >= 0.3 is 0 Å². The standard InChI is InChI=1S/C34H43N3O4S/c1-4-32(34(39)35-29-13-9-6-10-14-29)36(24-23-28-11-7-5-8-12-28)33(38)25-37(30-19-15-26(2)16-20-30)42(40,41)31-21-17-27(3)18-22-31/h5,7-8,11-12,15-22,29,32H,4,6,9-10,13-14,23-25H2,1-3H3,(H,35,39)/t32-/m1/s1. The van der Waals surface area contributed by atoms with Crippen molar-refractivity contribution in [1.29, 1.82) is 0 Å². The van der Waals surface area contributed by atoms with Gasteiger partial charge in [0, 0.05) is 12.6 Å². The molecule has 0 spiro atoms. The van der Waals surface area contributed by atoms with Crippen molar-refractivity contribution in [3.63, 3.8) is 0 Å². The number of sulfonamides is 1. The first-order valence-corrected chi connectivity index (χ1v) is 16.4. The fourth-order valence-electron chi connectivity index (χ4n) is 5.52. The average molecular weight is 590 g/mol. The normalized spacial score (nSPS) is 14.6. The Hall–Kier alpha value is -3.65. The summed E-state index contributed by atoms with van der Waals surface area (Å²) < 4.78 is 29.1. The summed E-state index contributed by atoms with van der Waals surface area (Å²) in [6, 6.07) is 22.9. The van der Waals surface area contributed by atoms with Crippen molar-refractivity contribution in [3.8, 4) is 0 Å². The zero-order valence-electron chi connectivity index (χ0n) is 25.0. The molecule has 0 aliphatic heterocycles. The molecule has 7 nitrogen and oxygen atoms in total. The van der Waals surface area contributed by atoms with Gasteiger partial charge in [0.15, 0.2) is 0 Å². The minimum atomic E-state index is -4.07. The lowest BCUT2D eigenvalue weighted by molar-refractivity contribution is -0.140. The zero-order valence-corrected chi connectivity index (χ0v) is 25.8. The molecule has 4 rings (SSSR count). The van der Waals surface area contributed by atoms with E-state index in [1.165, 1.54) is 10.7 Å². The molecule has 1 atom stereocenters. The highest BCUT2D eigenvalue weighted by molar-refractivity contribution is 7.92. The van der Waals surface area contributed by atoms with Gasteiger partial charge in [0.25, 0.3) is 10.0 Å². The van der Waals surface area contributed by atoms with Crippen molar-refractivity contribution in [2.75, 3.05) is 17.4 Å². The first-order valence-electron chi connectivity index (χ1n) is 15.0. The van der Waals surface area contributed by atoms with Gasteiger partial charge in [0.1, 0.15) is 12.6 Å². The largest absolute Gasteiger partial charge is 0.352 e. The minimum absolute atomic E-state index is 0.109. The van der Waals surface area contributed by atoms with E-state index in [0.717, 1.165) is 42.4 Å². The summed E-state index contributed by atoms with van der Waals surface area (Å²) in [6.07, 6.45) is 6.20. The molecule has 0 unspecified atom stereocenters. The van der Waals surface area contributed by atoms with Crippen LogP contribution in [0, 0.1) is 13.8 Å². The predicted molar refractivity (Wildman–Crippen MR) is 168 cm³/mol. The first-order chi connectivity index (χ1) is 20.2. The smallest absolute Gasteiger partial charge is 0.264 e. The molecular weight excluding hydrogens is 546 g/mol. The van der Waals surface area contributed by atoms with Gasteiger partial charge in [-0.15, -0.1) is 0 Å².